The largest absolute Gasteiger partial charge is 0.365 e. The lowest BCUT2D eigenvalue weighted by molar-refractivity contribution is 0.221. The quantitative estimate of drug-likeness (QED) is 0.628. The maximum Gasteiger partial charge on any atom is 0.288 e. The fourth-order valence-electron chi connectivity index (χ4n) is 0.965. The summed E-state index contributed by atoms with van der Waals surface area (Å²) in [5, 5.41) is 2.65. The molecule has 84 valence electrons. The van der Waals surface area contributed by atoms with Crippen LogP contribution in [0.4, 0.5) is 18.9 Å². The van der Waals surface area contributed by atoms with Crippen molar-refractivity contribution in [1.29, 1.82) is 0 Å². The first-order chi connectivity index (χ1) is 7.13. The Morgan fingerprint density at radius 1 is 1.47 bits per heavy atom. The number of benzene rings is 1. The van der Waals surface area contributed by atoms with Crippen molar-refractivity contribution >= 4 is 17.4 Å². The van der Waals surface area contributed by atoms with E-state index in [9.17, 15) is 13.2 Å². The van der Waals surface area contributed by atoms with Gasteiger partial charge in [0.25, 0.3) is 5.76 Å². The first-order valence-electron chi connectivity index (χ1n) is 4.10. The molecule has 0 aromatic heterocycles. The summed E-state index contributed by atoms with van der Waals surface area (Å²) in [6.45, 7) is 0.165. The summed E-state index contributed by atoms with van der Waals surface area (Å²) in [4.78, 5) is 0.200. The monoisotopic (exact) mass is 237 g/mol. The number of ether oxygens (including phenoxy) is 1. The highest BCUT2D eigenvalue weighted by Gasteiger charge is 2.08. The van der Waals surface area contributed by atoms with Gasteiger partial charge >= 0.3 is 0 Å². The first kappa shape index (κ1) is 12.2. The molecule has 0 aliphatic rings. The highest BCUT2D eigenvalue weighted by molar-refractivity contribution is 7.99. The van der Waals surface area contributed by atoms with Crippen LogP contribution in [0.3, 0.4) is 0 Å². The fraction of sp³-hybridized carbons (Fsp3) is 0.333. The SMILES string of the molecule is COCNc1ccc(SC(F)F)cc1F. The van der Waals surface area contributed by atoms with Gasteiger partial charge in [0.15, 0.2) is 0 Å². The van der Waals surface area contributed by atoms with Crippen LogP contribution in [0, 0.1) is 5.82 Å². The summed E-state index contributed by atoms with van der Waals surface area (Å²) in [5.74, 6) is -3.11. The molecule has 0 saturated carbocycles. The van der Waals surface area contributed by atoms with Crippen molar-refractivity contribution in [2.24, 2.45) is 0 Å². The van der Waals surface area contributed by atoms with E-state index in [0.717, 1.165) is 6.07 Å². The van der Waals surface area contributed by atoms with Gasteiger partial charge in [-0.15, -0.1) is 0 Å². The second-order valence-corrected chi connectivity index (χ2v) is 3.69. The molecule has 0 atom stereocenters. The molecule has 1 aromatic rings. The predicted octanol–water partition coefficient (Wildman–Crippen LogP) is 3.16. The van der Waals surface area contributed by atoms with Crippen molar-refractivity contribution in [3.05, 3.63) is 24.0 Å². The molecule has 2 nitrogen and oxygen atoms in total. The minimum Gasteiger partial charge on any atom is -0.365 e. The smallest absolute Gasteiger partial charge is 0.288 e. The number of rotatable bonds is 5. The molecule has 0 bridgehead atoms. The van der Waals surface area contributed by atoms with E-state index in [1.165, 1.54) is 19.2 Å². The van der Waals surface area contributed by atoms with Gasteiger partial charge in [-0.2, -0.15) is 8.78 Å². The van der Waals surface area contributed by atoms with Gasteiger partial charge in [-0.05, 0) is 18.2 Å². The third kappa shape index (κ3) is 4.01. The maximum absolute atomic E-state index is 13.2. The average molecular weight is 237 g/mol. The van der Waals surface area contributed by atoms with E-state index in [-0.39, 0.29) is 17.3 Å². The number of anilines is 1. The Balaban J connectivity index is 2.69. The number of alkyl halides is 2. The molecule has 15 heavy (non-hydrogen) atoms. The van der Waals surface area contributed by atoms with E-state index in [1.807, 2.05) is 0 Å². The molecule has 0 amide bonds. The molecule has 0 saturated heterocycles. The fourth-order valence-corrected chi connectivity index (χ4v) is 1.49. The molecule has 0 unspecified atom stereocenters. The molecule has 0 radical (unpaired) electrons. The minimum atomic E-state index is -2.54. The molecule has 1 N–H and O–H groups in total. The van der Waals surface area contributed by atoms with Crippen LogP contribution in [0.25, 0.3) is 0 Å². The van der Waals surface area contributed by atoms with Crippen LogP contribution in [0.2, 0.25) is 0 Å². The van der Waals surface area contributed by atoms with Crippen LogP contribution in [-0.2, 0) is 4.74 Å². The second kappa shape index (κ2) is 5.87. The van der Waals surface area contributed by atoms with Gasteiger partial charge in [-0.1, -0.05) is 11.8 Å². The van der Waals surface area contributed by atoms with Crippen molar-refractivity contribution in [1.82, 2.24) is 0 Å². The summed E-state index contributed by atoms with van der Waals surface area (Å²) >= 11 is 0.313. The van der Waals surface area contributed by atoms with Crippen molar-refractivity contribution in [2.45, 2.75) is 10.7 Å². The van der Waals surface area contributed by atoms with Gasteiger partial charge < -0.3 is 10.1 Å². The highest BCUT2D eigenvalue weighted by Crippen LogP contribution is 2.27. The lowest BCUT2D eigenvalue weighted by atomic mass is 10.3. The zero-order valence-corrected chi connectivity index (χ0v) is 8.78. The third-order valence-corrected chi connectivity index (χ3v) is 2.28. The van der Waals surface area contributed by atoms with Crippen LogP contribution in [0.1, 0.15) is 0 Å². The lowest BCUT2D eigenvalue weighted by Crippen LogP contribution is -2.04. The van der Waals surface area contributed by atoms with Crippen LogP contribution in [0.15, 0.2) is 23.1 Å². The maximum atomic E-state index is 13.2. The van der Waals surface area contributed by atoms with Gasteiger partial charge in [0.1, 0.15) is 12.5 Å². The molecule has 0 spiro atoms. The van der Waals surface area contributed by atoms with E-state index in [2.05, 4.69) is 5.32 Å². The highest BCUT2D eigenvalue weighted by atomic mass is 32.2. The summed E-state index contributed by atoms with van der Waals surface area (Å²) in [5.41, 5.74) is 0.232. The van der Waals surface area contributed by atoms with Crippen molar-refractivity contribution < 1.29 is 17.9 Å². The van der Waals surface area contributed by atoms with Crippen molar-refractivity contribution in [2.75, 3.05) is 19.2 Å². The van der Waals surface area contributed by atoms with Crippen molar-refractivity contribution in [3.8, 4) is 0 Å². The Bertz CT molecular complexity index is 322. The molecular weight excluding hydrogens is 227 g/mol. The van der Waals surface area contributed by atoms with E-state index >= 15 is 0 Å². The van der Waals surface area contributed by atoms with Crippen LogP contribution >= 0.6 is 11.8 Å². The normalized spacial score (nSPS) is 10.7. The van der Waals surface area contributed by atoms with Crippen LogP contribution in [-0.4, -0.2) is 19.6 Å². The van der Waals surface area contributed by atoms with Gasteiger partial charge in [-0.25, -0.2) is 4.39 Å². The first-order valence-corrected chi connectivity index (χ1v) is 4.98. The minimum absolute atomic E-state index is 0.165. The van der Waals surface area contributed by atoms with Crippen LogP contribution in [0.5, 0.6) is 0 Å². The molecule has 1 rings (SSSR count). The zero-order chi connectivity index (χ0) is 11.3. The molecule has 0 heterocycles. The van der Waals surface area contributed by atoms with Gasteiger partial charge in [0, 0.05) is 12.0 Å². The summed E-state index contributed by atoms with van der Waals surface area (Å²) in [7, 11) is 1.46. The van der Waals surface area contributed by atoms with E-state index in [0.29, 0.717) is 11.8 Å². The van der Waals surface area contributed by atoms with E-state index < -0.39 is 11.6 Å². The number of methoxy groups -OCH3 is 1. The zero-order valence-electron chi connectivity index (χ0n) is 7.97. The molecule has 0 fully saturated rings. The molecule has 6 heteroatoms. The molecule has 0 aliphatic carbocycles. The Labute approximate surface area is 89.8 Å². The van der Waals surface area contributed by atoms with Gasteiger partial charge in [0.2, 0.25) is 0 Å². The van der Waals surface area contributed by atoms with E-state index in [1.54, 1.807) is 0 Å². The Morgan fingerprint density at radius 3 is 2.73 bits per heavy atom. The Kier molecular flexibility index (Phi) is 4.77. The summed E-state index contributed by atoms with van der Waals surface area (Å²) in [6.07, 6.45) is 0. The standard InChI is InChI=1S/C9H10F3NOS/c1-14-5-13-8-3-2-6(4-7(8)10)15-9(11)12/h2-4,9,13H,5H2,1H3. The predicted molar refractivity (Wildman–Crippen MR) is 53.8 cm³/mol. The molecule has 1 aromatic carbocycles. The number of thioether (sulfide) groups is 1. The average Bonchev–Trinajstić information content (AvgIpc) is 2.15. The number of hydrogen-bond acceptors (Lipinski definition) is 3. The van der Waals surface area contributed by atoms with Crippen LogP contribution < -0.4 is 5.32 Å². The van der Waals surface area contributed by atoms with Gasteiger partial charge in [-0.3, -0.25) is 0 Å². The Hall–Kier alpha value is -0.880. The molecular formula is C9H10F3NOS. The molecule has 0 aliphatic heterocycles. The second-order valence-electron chi connectivity index (χ2n) is 2.63. The topological polar surface area (TPSA) is 21.3 Å². The number of nitrogens with one attached hydrogen (secondary N) is 1. The third-order valence-electron chi connectivity index (χ3n) is 1.57. The van der Waals surface area contributed by atoms with E-state index in [4.69, 9.17) is 4.74 Å². The lowest BCUT2D eigenvalue weighted by Gasteiger charge is -2.07. The summed E-state index contributed by atoms with van der Waals surface area (Å²) < 4.78 is 41.9. The Morgan fingerprint density at radius 2 is 2.20 bits per heavy atom. The van der Waals surface area contributed by atoms with Crippen molar-refractivity contribution in [3.63, 3.8) is 0 Å². The van der Waals surface area contributed by atoms with Gasteiger partial charge in [0.05, 0.1) is 5.69 Å². The number of halogens is 3. The summed E-state index contributed by atoms with van der Waals surface area (Å²) in [6, 6.07) is 3.89. The number of hydrogen-bond donors (Lipinski definition) is 1.